The molecule has 1 heterocycles. The van der Waals surface area contributed by atoms with E-state index in [-0.39, 0.29) is 12.6 Å². The molecule has 28 heavy (non-hydrogen) atoms. The number of unbranched alkanes of at least 4 members (excludes halogenated alkanes) is 3. The lowest BCUT2D eigenvalue weighted by atomic mass is 9.95. The minimum absolute atomic E-state index is 0.150. The van der Waals surface area contributed by atoms with Gasteiger partial charge in [0.25, 0.3) is 0 Å². The summed E-state index contributed by atoms with van der Waals surface area (Å²) in [6, 6.07) is 6.48. The lowest BCUT2D eigenvalue weighted by Gasteiger charge is -2.28. The Morgan fingerprint density at radius 3 is 2.50 bits per heavy atom. The maximum atomic E-state index is 12.5. The van der Waals surface area contributed by atoms with Crippen molar-refractivity contribution >= 4 is 12.0 Å². The Bertz CT molecular complexity index is 685. The van der Waals surface area contributed by atoms with Crippen molar-refractivity contribution in [3.8, 4) is 5.75 Å². The molecule has 2 rings (SSSR count). The highest BCUT2D eigenvalue weighted by Gasteiger charge is 2.32. The number of hydrogen-bond donors (Lipinski definition) is 2. The Morgan fingerprint density at radius 2 is 1.82 bits per heavy atom. The second-order valence-corrected chi connectivity index (χ2v) is 6.68. The lowest BCUT2D eigenvalue weighted by molar-refractivity contribution is -0.140. The van der Waals surface area contributed by atoms with Crippen LogP contribution in [-0.2, 0) is 14.3 Å². The van der Waals surface area contributed by atoms with Crippen LogP contribution in [0, 0.1) is 0 Å². The number of carbonyl (C=O) groups is 2. The molecule has 2 N–H and O–H groups in total. The average Bonchev–Trinajstić information content (AvgIpc) is 2.68. The van der Waals surface area contributed by atoms with E-state index in [4.69, 9.17) is 14.2 Å². The van der Waals surface area contributed by atoms with E-state index in [1.165, 1.54) is 20.0 Å². The molecule has 1 aromatic carbocycles. The van der Waals surface area contributed by atoms with E-state index in [1.807, 2.05) is 24.3 Å². The smallest absolute Gasteiger partial charge is 0.338 e. The number of methoxy groups -OCH3 is 1. The average molecular weight is 390 g/mol. The normalized spacial score (nSPS) is 16.4. The molecule has 0 aliphatic carbocycles. The zero-order valence-electron chi connectivity index (χ0n) is 16.9. The van der Waals surface area contributed by atoms with Gasteiger partial charge < -0.3 is 24.8 Å². The standard InChI is InChI=1S/C21H30N2O5/c1-4-5-6-7-12-27-17-10-8-16(9-11-17)19-18(15(2)22-21(25)23-19)20(24)28-14-13-26-3/h8-11,19H,4-7,12-14H2,1-3H3,(H2,22,23,25)/t19-/m0/s1. The molecular formula is C21H30N2O5. The second kappa shape index (κ2) is 11.3. The molecule has 0 unspecified atom stereocenters. The van der Waals surface area contributed by atoms with Crippen LogP contribution in [0.4, 0.5) is 4.79 Å². The Labute approximate surface area is 166 Å². The minimum atomic E-state index is -0.581. The monoisotopic (exact) mass is 390 g/mol. The fraction of sp³-hybridized carbons (Fsp3) is 0.524. The summed E-state index contributed by atoms with van der Waals surface area (Å²) in [6.45, 7) is 5.01. The molecule has 7 nitrogen and oxygen atoms in total. The van der Waals surface area contributed by atoms with Crippen molar-refractivity contribution in [3.63, 3.8) is 0 Å². The number of esters is 1. The molecule has 2 amide bonds. The summed E-state index contributed by atoms with van der Waals surface area (Å²) >= 11 is 0. The zero-order chi connectivity index (χ0) is 20.4. The highest BCUT2D eigenvalue weighted by atomic mass is 16.6. The third-order valence-corrected chi connectivity index (χ3v) is 4.49. The molecule has 7 heteroatoms. The molecule has 0 spiro atoms. The SMILES string of the molecule is CCCCCCOc1ccc([C@@H]2NC(=O)NC(C)=C2C(=O)OCCOC)cc1. The van der Waals surface area contributed by atoms with Crippen molar-refractivity contribution in [2.75, 3.05) is 26.9 Å². The van der Waals surface area contributed by atoms with Gasteiger partial charge in [-0.25, -0.2) is 9.59 Å². The van der Waals surface area contributed by atoms with Crippen molar-refractivity contribution in [1.29, 1.82) is 0 Å². The number of ether oxygens (including phenoxy) is 3. The number of rotatable bonds is 11. The van der Waals surface area contributed by atoms with Crippen molar-refractivity contribution < 1.29 is 23.8 Å². The van der Waals surface area contributed by atoms with Gasteiger partial charge in [0.15, 0.2) is 0 Å². The third-order valence-electron chi connectivity index (χ3n) is 4.49. The van der Waals surface area contributed by atoms with E-state index in [1.54, 1.807) is 6.92 Å². The first kappa shape index (κ1) is 21.8. The first-order valence-electron chi connectivity index (χ1n) is 9.74. The van der Waals surface area contributed by atoms with Gasteiger partial charge in [-0.1, -0.05) is 38.3 Å². The summed E-state index contributed by atoms with van der Waals surface area (Å²) in [5.74, 6) is 0.286. The number of allylic oxidation sites excluding steroid dienone is 1. The molecule has 154 valence electrons. The van der Waals surface area contributed by atoms with Crippen LogP contribution in [0.3, 0.4) is 0 Å². The van der Waals surface area contributed by atoms with Crippen LogP contribution in [-0.4, -0.2) is 38.9 Å². The predicted molar refractivity (Wildman–Crippen MR) is 106 cm³/mol. The van der Waals surface area contributed by atoms with Crippen molar-refractivity contribution in [3.05, 3.63) is 41.1 Å². The number of carbonyl (C=O) groups excluding carboxylic acids is 2. The fourth-order valence-corrected chi connectivity index (χ4v) is 2.99. The van der Waals surface area contributed by atoms with E-state index in [9.17, 15) is 9.59 Å². The van der Waals surface area contributed by atoms with Crippen LogP contribution in [0.2, 0.25) is 0 Å². The Morgan fingerprint density at radius 1 is 1.07 bits per heavy atom. The van der Waals surface area contributed by atoms with Crippen LogP contribution in [0.15, 0.2) is 35.5 Å². The van der Waals surface area contributed by atoms with Crippen LogP contribution < -0.4 is 15.4 Å². The molecule has 1 atom stereocenters. The summed E-state index contributed by atoms with van der Waals surface area (Å²) in [4.78, 5) is 24.4. The first-order valence-corrected chi connectivity index (χ1v) is 9.74. The summed E-state index contributed by atoms with van der Waals surface area (Å²) in [5, 5.41) is 5.42. The van der Waals surface area contributed by atoms with E-state index in [2.05, 4.69) is 17.6 Å². The van der Waals surface area contributed by atoms with Gasteiger partial charge in [-0.15, -0.1) is 0 Å². The van der Waals surface area contributed by atoms with Gasteiger partial charge in [-0.05, 0) is 31.0 Å². The van der Waals surface area contributed by atoms with Gasteiger partial charge in [-0.2, -0.15) is 0 Å². The topological polar surface area (TPSA) is 85.9 Å². The molecule has 1 aliphatic rings. The molecule has 0 radical (unpaired) electrons. The van der Waals surface area contributed by atoms with Crippen LogP contribution >= 0.6 is 0 Å². The van der Waals surface area contributed by atoms with E-state index >= 15 is 0 Å². The highest BCUT2D eigenvalue weighted by molar-refractivity contribution is 5.95. The number of benzene rings is 1. The molecular weight excluding hydrogens is 360 g/mol. The van der Waals surface area contributed by atoms with E-state index in [0.717, 1.165) is 24.2 Å². The maximum Gasteiger partial charge on any atom is 0.338 e. The van der Waals surface area contributed by atoms with Crippen LogP contribution in [0.25, 0.3) is 0 Å². The van der Waals surface area contributed by atoms with E-state index < -0.39 is 12.0 Å². The summed E-state index contributed by atoms with van der Waals surface area (Å²) in [7, 11) is 1.54. The number of hydrogen-bond acceptors (Lipinski definition) is 5. The van der Waals surface area contributed by atoms with Crippen LogP contribution in [0.1, 0.15) is 51.1 Å². The lowest BCUT2D eigenvalue weighted by Crippen LogP contribution is -2.45. The fourth-order valence-electron chi connectivity index (χ4n) is 2.99. The molecule has 0 fully saturated rings. The molecule has 0 saturated carbocycles. The van der Waals surface area contributed by atoms with Gasteiger partial charge in [0.1, 0.15) is 12.4 Å². The third kappa shape index (κ3) is 6.27. The molecule has 1 aliphatic heterocycles. The summed E-state index contributed by atoms with van der Waals surface area (Å²) < 4.78 is 15.9. The predicted octanol–water partition coefficient (Wildman–Crippen LogP) is 3.46. The zero-order valence-corrected chi connectivity index (χ0v) is 16.9. The second-order valence-electron chi connectivity index (χ2n) is 6.68. The highest BCUT2D eigenvalue weighted by Crippen LogP contribution is 2.28. The van der Waals surface area contributed by atoms with Crippen molar-refractivity contribution in [2.45, 2.75) is 45.6 Å². The summed E-state index contributed by atoms with van der Waals surface area (Å²) in [6.07, 6.45) is 4.60. The molecule has 0 bridgehead atoms. The van der Waals surface area contributed by atoms with Gasteiger partial charge in [-0.3, -0.25) is 0 Å². The van der Waals surface area contributed by atoms with Crippen LogP contribution in [0.5, 0.6) is 5.75 Å². The van der Waals surface area contributed by atoms with Crippen molar-refractivity contribution in [2.24, 2.45) is 0 Å². The van der Waals surface area contributed by atoms with Crippen molar-refractivity contribution in [1.82, 2.24) is 10.6 Å². The Balaban J connectivity index is 2.06. The first-order chi connectivity index (χ1) is 13.6. The Kier molecular flexibility index (Phi) is 8.81. The molecule has 0 aromatic heterocycles. The molecule has 1 aromatic rings. The van der Waals surface area contributed by atoms with Gasteiger partial charge in [0.2, 0.25) is 0 Å². The quantitative estimate of drug-likeness (QED) is 0.446. The van der Waals surface area contributed by atoms with Gasteiger partial charge in [0.05, 0.1) is 24.8 Å². The Hall–Kier alpha value is -2.54. The van der Waals surface area contributed by atoms with E-state index in [0.29, 0.717) is 24.5 Å². The molecule has 0 saturated heterocycles. The summed E-state index contributed by atoms with van der Waals surface area (Å²) in [5.41, 5.74) is 1.64. The van der Waals surface area contributed by atoms with Gasteiger partial charge >= 0.3 is 12.0 Å². The van der Waals surface area contributed by atoms with Gasteiger partial charge in [0, 0.05) is 12.8 Å². The maximum absolute atomic E-state index is 12.5. The number of urea groups is 1. The number of amides is 2. The number of nitrogens with one attached hydrogen (secondary N) is 2. The minimum Gasteiger partial charge on any atom is -0.494 e. The largest absolute Gasteiger partial charge is 0.494 e.